The van der Waals surface area contributed by atoms with Gasteiger partial charge in [-0.2, -0.15) is 0 Å². The minimum Gasteiger partial charge on any atom is -0.386 e. The fraction of sp³-hybridized carbons (Fsp3) is 0.0968. The molecule has 0 fully saturated rings. The molecule has 0 amide bonds. The predicted molar refractivity (Wildman–Crippen MR) is 137 cm³/mol. The summed E-state index contributed by atoms with van der Waals surface area (Å²) in [6.45, 7) is 0. The van der Waals surface area contributed by atoms with Gasteiger partial charge in [0.1, 0.15) is 0 Å². The van der Waals surface area contributed by atoms with E-state index in [2.05, 4.69) is 4.74 Å². The van der Waals surface area contributed by atoms with Gasteiger partial charge in [0.05, 0.1) is 30.4 Å². The molecule has 40 heavy (non-hydrogen) atoms. The Labute approximate surface area is 223 Å². The molecule has 1 heterocycles. The topological polar surface area (TPSA) is 146 Å². The zero-order chi connectivity index (χ0) is 28.0. The van der Waals surface area contributed by atoms with Crippen LogP contribution in [0.25, 0.3) is 21.5 Å². The molecule has 0 saturated carbocycles. The number of hydrogen-bond donors (Lipinski definition) is 0. The van der Waals surface area contributed by atoms with E-state index in [9.17, 15) is 38.4 Å². The summed E-state index contributed by atoms with van der Waals surface area (Å²) >= 11 is 0. The van der Waals surface area contributed by atoms with Crippen LogP contribution in [0.3, 0.4) is 0 Å². The number of hydrogen-bond acceptors (Lipinski definition) is 9. The lowest BCUT2D eigenvalue weighted by Crippen LogP contribution is -2.23. The monoisotopic (exact) mass is 530 g/mol. The van der Waals surface area contributed by atoms with E-state index in [0.29, 0.717) is 54.9 Å². The van der Waals surface area contributed by atoms with Crippen molar-refractivity contribution in [3.8, 4) is 0 Å². The Morgan fingerprint density at radius 2 is 0.525 bits per heavy atom. The second-order valence-electron chi connectivity index (χ2n) is 9.89. The maximum Gasteiger partial charge on any atom is 0.346 e. The number of Topliss-reactive ketones (excluding diaryl/α,β-unsaturated/α-hetero) is 6. The van der Waals surface area contributed by atoms with Crippen LogP contribution in [0.5, 0.6) is 0 Å². The van der Waals surface area contributed by atoms with E-state index in [4.69, 9.17) is 0 Å². The fourth-order valence-corrected chi connectivity index (χ4v) is 5.93. The number of carbonyl (C=O) groups excluding carboxylic acids is 8. The van der Waals surface area contributed by atoms with Crippen molar-refractivity contribution in [2.45, 2.75) is 19.3 Å². The lowest BCUT2D eigenvalue weighted by atomic mass is 9.79. The van der Waals surface area contributed by atoms with E-state index >= 15 is 0 Å². The summed E-state index contributed by atoms with van der Waals surface area (Å²) in [4.78, 5) is 95.4. The summed E-state index contributed by atoms with van der Waals surface area (Å²) in [7, 11) is 0. The number of ether oxygens (including phenoxy) is 1. The van der Waals surface area contributed by atoms with Gasteiger partial charge in [0.25, 0.3) is 0 Å². The average molecular weight is 530 g/mol. The van der Waals surface area contributed by atoms with Crippen LogP contribution in [0.2, 0.25) is 0 Å². The molecule has 1 aliphatic heterocycles. The molecule has 0 radical (unpaired) electrons. The zero-order valence-corrected chi connectivity index (χ0v) is 20.4. The lowest BCUT2D eigenvalue weighted by Gasteiger charge is -2.21. The molecule has 3 aliphatic carbocycles. The molecular formula is C31H14O9. The van der Waals surface area contributed by atoms with Gasteiger partial charge in [-0.3, -0.25) is 28.8 Å². The van der Waals surface area contributed by atoms with Gasteiger partial charge in [0.2, 0.25) is 0 Å². The second kappa shape index (κ2) is 8.03. The molecule has 9 heteroatoms. The molecule has 4 aliphatic rings. The van der Waals surface area contributed by atoms with Crippen molar-refractivity contribution in [3.63, 3.8) is 0 Å². The van der Waals surface area contributed by atoms with Crippen LogP contribution in [0.15, 0.2) is 48.5 Å². The first kappa shape index (κ1) is 23.7. The van der Waals surface area contributed by atoms with Crippen molar-refractivity contribution in [2.75, 3.05) is 0 Å². The van der Waals surface area contributed by atoms with Crippen molar-refractivity contribution >= 4 is 68.2 Å². The molecule has 0 aromatic heterocycles. The Morgan fingerprint density at radius 3 is 0.775 bits per heavy atom. The van der Waals surface area contributed by atoms with Crippen LogP contribution < -0.4 is 0 Å². The molecule has 0 spiro atoms. The molecule has 0 bridgehead atoms. The van der Waals surface area contributed by atoms with Crippen molar-refractivity contribution < 1.29 is 43.1 Å². The molecule has 0 N–H and O–H groups in total. The van der Waals surface area contributed by atoms with Gasteiger partial charge in [-0.05, 0) is 24.3 Å². The summed E-state index contributed by atoms with van der Waals surface area (Å²) < 4.78 is 4.64. The highest BCUT2D eigenvalue weighted by atomic mass is 16.6. The molecule has 192 valence electrons. The van der Waals surface area contributed by atoms with Gasteiger partial charge in [-0.25, -0.2) is 9.59 Å². The Kier molecular flexibility index (Phi) is 4.75. The molecule has 0 saturated heterocycles. The van der Waals surface area contributed by atoms with Crippen LogP contribution in [0.1, 0.15) is 102 Å². The first-order valence-electron chi connectivity index (χ1n) is 12.3. The molecule has 4 aromatic rings. The number of esters is 2. The van der Waals surface area contributed by atoms with E-state index in [1.807, 2.05) is 0 Å². The Balaban J connectivity index is 0.000000132. The molecule has 0 unspecified atom stereocenters. The molecule has 4 aromatic carbocycles. The molecule has 8 rings (SSSR count). The maximum absolute atomic E-state index is 12.0. The molecule has 0 atom stereocenters. The van der Waals surface area contributed by atoms with Gasteiger partial charge < -0.3 is 4.74 Å². The van der Waals surface area contributed by atoms with E-state index in [1.54, 1.807) is 24.3 Å². The average Bonchev–Trinajstić information content (AvgIpc) is 2.92. The predicted octanol–water partition coefficient (Wildman–Crippen LogP) is 4.30. The smallest absolute Gasteiger partial charge is 0.346 e. The van der Waals surface area contributed by atoms with Gasteiger partial charge in [-0.1, -0.05) is 24.3 Å². The number of cyclic esters (lactones) is 2. The minimum absolute atomic E-state index is 0.150. The molecular weight excluding hydrogens is 516 g/mol. The van der Waals surface area contributed by atoms with E-state index in [1.165, 1.54) is 24.3 Å². The van der Waals surface area contributed by atoms with Crippen molar-refractivity contribution in [3.05, 3.63) is 93.0 Å². The third-order valence-corrected chi connectivity index (χ3v) is 7.71. The van der Waals surface area contributed by atoms with Gasteiger partial charge in [0, 0.05) is 54.9 Å². The summed E-state index contributed by atoms with van der Waals surface area (Å²) in [5, 5.41) is 1.69. The summed E-state index contributed by atoms with van der Waals surface area (Å²) in [5.74, 6) is -3.11. The van der Waals surface area contributed by atoms with Crippen molar-refractivity contribution in [2.24, 2.45) is 0 Å². The number of rotatable bonds is 0. The Hall–Kier alpha value is -5.44. The highest BCUT2D eigenvalue weighted by molar-refractivity contribution is 6.35. The van der Waals surface area contributed by atoms with E-state index in [-0.39, 0.29) is 65.1 Å². The van der Waals surface area contributed by atoms with Crippen LogP contribution in [0, 0.1) is 0 Å². The minimum atomic E-state index is -0.753. The quantitative estimate of drug-likeness (QED) is 0.240. The van der Waals surface area contributed by atoms with Crippen LogP contribution in [-0.4, -0.2) is 46.6 Å². The number of ketones is 6. The first-order valence-corrected chi connectivity index (χ1v) is 12.3. The number of benzene rings is 4. The summed E-state index contributed by atoms with van der Waals surface area (Å²) in [6, 6.07) is 12.3. The third kappa shape index (κ3) is 3.08. The van der Waals surface area contributed by atoms with E-state index in [0.717, 1.165) is 0 Å². The molecule has 9 nitrogen and oxygen atoms in total. The third-order valence-electron chi connectivity index (χ3n) is 7.71. The van der Waals surface area contributed by atoms with E-state index < -0.39 is 11.9 Å². The second-order valence-corrected chi connectivity index (χ2v) is 9.89. The lowest BCUT2D eigenvalue weighted by molar-refractivity contribution is 0.0389. The normalized spacial score (nSPS) is 16.8. The first-order chi connectivity index (χ1) is 19.2. The standard InChI is InChI=1S/C16H8O4.C15H6O5/c17-11-5-13(19)9-3-4-10-14(20)6-12(18)8-2-1-7(11)15(9)16(8)10;16-10-5-11(17)7-2-4-9-13-8(14(18)20-15(9)19)3-1-6(10)12(7)13/h1-4H,5-6H2;1-4H,5H2. The van der Waals surface area contributed by atoms with Gasteiger partial charge in [-0.15, -0.1) is 0 Å². The Bertz CT molecular complexity index is 1620. The largest absolute Gasteiger partial charge is 0.386 e. The Morgan fingerprint density at radius 1 is 0.325 bits per heavy atom. The van der Waals surface area contributed by atoms with Gasteiger partial charge in [0.15, 0.2) is 34.7 Å². The zero-order valence-electron chi connectivity index (χ0n) is 20.4. The van der Waals surface area contributed by atoms with Crippen molar-refractivity contribution in [1.82, 2.24) is 0 Å². The highest BCUT2D eigenvalue weighted by Gasteiger charge is 2.35. The van der Waals surface area contributed by atoms with Crippen molar-refractivity contribution in [1.29, 1.82) is 0 Å². The highest BCUT2D eigenvalue weighted by Crippen LogP contribution is 2.38. The van der Waals surface area contributed by atoms with Gasteiger partial charge >= 0.3 is 11.9 Å². The summed E-state index contributed by atoms with van der Waals surface area (Å²) in [5.41, 5.74) is 2.91. The fourth-order valence-electron chi connectivity index (χ4n) is 5.93. The number of carbonyl (C=O) groups is 8. The maximum atomic E-state index is 12.0. The van der Waals surface area contributed by atoms with Crippen LogP contribution >= 0.6 is 0 Å². The summed E-state index contributed by atoms with van der Waals surface area (Å²) in [6.07, 6.45) is -0.482. The van der Waals surface area contributed by atoms with Crippen LogP contribution in [-0.2, 0) is 4.74 Å². The van der Waals surface area contributed by atoms with Crippen LogP contribution in [0.4, 0.5) is 0 Å². The SMILES string of the molecule is O=C1CC(=O)c2ccc3c4c(ccc1c24)C(=O)CC3=O.O=C1CC(=O)c2ccc3c4c(ccc1c24)C(=O)OC3=O.